The van der Waals surface area contributed by atoms with E-state index in [1.165, 1.54) is 6.33 Å². The van der Waals surface area contributed by atoms with Crippen molar-refractivity contribution in [3.8, 4) is 0 Å². The Kier molecular flexibility index (Phi) is 4.80. The maximum Gasteiger partial charge on any atom is 0.271 e. The van der Waals surface area contributed by atoms with Crippen molar-refractivity contribution in [1.82, 2.24) is 9.97 Å². The molecule has 0 fully saturated rings. The lowest BCUT2D eigenvalue weighted by molar-refractivity contribution is 0.545. The molecule has 0 spiro atoms. The minimum absolute atomic E-state index is 0.174. The van der Waals surface area contributed by atoms with Gasteiger partial charge in [-0.25, -0.2) is 4.98 Å². The standard InChI is InChI=1S/C11H18ClN3O/c1-4-8(3)6-15(5-2)10-9(12)11(16)14-7-13-10/h7-8H,4-6H2,1-3H3,(H,13,14,16). The first kappa shape index (κ1) is 13.0. The highest BCUT2D eigenvalue weighted by Crippen LogP contribution is 2.19. The molecule has 0 bridgehead atoms. The Labute approximate surface area is 101 Å². The normalized spacial score (nSPS) is 12.5. The van der Waals surface area contributed by atoms with E-state index in [9.17, 15) is 4.79 Å². The fourth-order valence-electron chi connectivity index (χ4n) is 1.46. The third kappa shape index (κ3) is 2.98. The third-order valence-electron chi connectivity index (χ3n) is 2.69. The molecule has 4 nitrogen and oxygen atoms in total. The molecule has 1 aromatic heterocycles. The number of H-pyrrole nitrogens is 1. The Balaban J connectivity index is 2.95. The van der Waals surface area contributed by atoms with Gasteiger partial charge < -0.3 is 9.88 Å². The van der Waals surface area contributed by atoms with Gasteiger partial charge in [-0.05, 0) is 12.8 Å². The summed E-state index contributed by atoms with van der Waals surface area (Å²) in [4.78, 5) is 20.0. The van der Waals surface area contributed by atoms with Gasteiger partial charge in [0.2, 0.25) is 0 Å². The van der Waals surface area contributed by atoms with Gasteiger partial charge in [0.1, 0.15) is 5.02 Å². The molecule has 90 valence electrons. The van der Waals surface area contributed by atoms with E-state index >= 15 is 0 Å². The van der Waals surface area contributed by atoms with E-state index in [-0.39, 0.29) is 10.6 Å². The van der Waals surface area contributed by atoms with Crippen LogP contribution in [0.3, 0.4) is 0 Å². The van der Waals surface area contributed by atoms with Crippen LogP contribution < -0.4 is 10.5 Å². The second-order valence-corrected chi connectivity index (χ2v) is 4.30. The average molecular weight is 244 g/mol. The van der Waals surface area contributed by atoms with Gasteiger partial charge in [-0.15, -0.1) is 0 Å². The summed E-state index contributed by atoms with van der Waals surface area (Å²) in [6.07, 6.45) is 2.49. The van der Waals surface area contributed by atoms with Crippen molar-refractivity contribution in [1.29, 1.82) is 0 Å². The SMILES string of the molecule is CCC(C)CN(CC)c1nc[nH]c(=O)c1Cl. The fraction of sp³-hybridized carbons (Fsp3) is 0.636. The Hall–Kier alpha value is -1.03. The molecule has 0 radical (unpaired) electrons. The van der Waals surface area contributed by atoms with Crippen LogP contribution in [0.25, 0.3) is 0 Å². The number of aromatic nitrogens is 2. The lowest BCUT2D eigenvalue weighted by Gasteiger charge is -2.25. The lowest BCUT2D eigenvalue weighted by atomic mass is 10.1. The van der Waals surface area contributed by atoms with Gasteiger partial charge in [0.25, 0.3) is 5.56 Å². The summed E-state index contributed by atoms with van der Waals surface area (Å²) in [6, 6.07) is 0. The molecule has 0 aliphatic carbocycles. The second-order valence-electron chi connectivity index (χ2n) is 3.92. The summed E-state index contributed by atoms with van der Waals surface area (Å²) in [5.41, 5.74) is -0.283. The van der Waals surface area contributed by atoms with Crippen molar-refractivity contribution in [2.24, 2.45) is 5.92 Å². The highest BCUT2D eigenvalue weighted by molar-refractivity contribution is 6.32. The van der Waals surface area contributed by atoms with Crippen LogP contribution >= 0.6 is 11.6 Å². The molecule has 1 N–H and O–H groups in total. The zero-order valence-corrected chi connectivity index (χ0v) is 10.7. The summed E-state index contributed by atoms with van der Waals surface area (Å²) < 4.78 is 0. The Bertz CT molecular complexity index is 391. The van der Waals surface area contributed by atoms with Gasteiger partial charge in [0, 0.05) is 13.1 Å². The molecule has 1 rings (SSSR count). The third-order valence-corrected chi connectivity index (χ3v) is 3.03. The van der Waals surface area contributed by atoms with E-state index in [1.54, 1.807) is 0 Å². The van der Waals surface area contributed by atoms with Crippen molar-refractivity contribution in [2.45, 2.75) is 27.2 Å². The van der Waals surface area contributed by atoms with E-state index in [2.05, 4.69) is 23.8 Å². The topological polar surface area (TPSA) is 49.0 Å². The van der Waals surface area contributed by atoms with Gasteiger partial charge in [-0.3, -0.25) is 4.79 Å². The molecule has 0 aliphatic rings. The highest BCUT2D eigenvalue weighted by Gasteiger charge is 2.14. The summed E-state index contributed by atoms with van der Waals surface area (Å²) in [6.45, 7) is 8.00. The summed E-state index contributed by atoms with van der Waals surface area (Å²) in [5.74, 6) is 1.13. The number of anilines is 1. The molecule has 1 unspecified atom stereocenters. The molecule has 5 heteroatoms. The summed E-state index contributed by atoms with van der Waals surface area (Å²) in [7, 11) is 0. The quantitative estimate of drug-likeness (QED) is 0.863. The van der Waals surface area contributed by atoms with E-state index in [1.807, 2.05) is 11.8 Å². The number of hydrogen-bond donors (Lipinski definition) is 1. The lowest BCUT2D eigenvalue weighted by Crippen LogP contribution is -2.30. The van der Waals surface area contributed by atoms with Crippen LogP contribution in [-0.2, 0) is 0 Å². The first-order valence-electron chi connectivity index (χ1n) is 5.58. The average Bonchev–Trinajstić information content (AvgIpc) is 2.29. The van der Waals surface area contributed by atoms with Gasteiger partial charge in [-0.2, -0.15) is 0 Å². The van der Waals surface area contributed by atoms with Crippen molar-refractivity contribution >= 4 is 17.4 Å². The van der Waals surface area contributed by atoms with E-state index in [0.717, 1.165) is 19.5 Å². The van der Waals surface area contributed by atoms with Crippen molar-refractivity contribution in [2.75, 3.05) is 18.0 Å². The Morgan fingerprint density at radius 2 is 2.25 bits per heavy atom. The minimum Gasteiger partial charge on any atom is -0.355 e. The predicted molar refractivity (Wildman–Crippen MR) is 67.2 cm³/mol. The molecular formula is C11H18ClN3O. The van der Waals surface area contributed by atoms with Gasteiger partial charge in [0.05, 0.1) is 6.33 Å². The molecule has 1 atom stereocenters. The predicted octanol–water partition coefficient (Wildman–Crippen LogP) is 2.30. The molecule has 1 aromatic rings. The van der Waals surface area contributed by atoms with E-state index < -0.39 is 0 Å². The number of nitrogens with zero attached hydrogens (tertiary/aromatic N) is 2. The second kappa shape index (κ2) is 5.89. The molecule has 0 aliphatic heterocycles. The van der Waals surface area contributed by atoms with Crippen LogP contribution in [0, 0.1) is 5.92 Å². The Morgan fingerprint density at radius 1 is 1.56 bits per heavy atom. The first-order chi connectivity index (χ1) is 7.60. The number of rotatable bonds is 5. The maximum absolute atomic E-state index is 11.4. The molecular weight excluding hydrogens is 226 g/mol. The number of aromatic amines is 1. The van der Waals surface area contributed by atoms with Crippen molar-refractivity contribution in [3.63, 3.8) is 0 Å². The van der Waals surface area contributed by atoms with Crippen LogP contribution in [0.1, 0.15) is 27.2 Å². The van der Waals surface area contributed by atoms with Crippen molar-refractivity contribution < 1.29 is 0 Å². The first-order valence-corrected chi connectivity index (χ1v) is 5.96. The minimum atomic E-state index is -0.283. The molecule has 0 saturated heterocycles. The molecule has 0 aromatic carbocycles. The van der Waals surface area contributed by atoms with Crippen LogP contribution in [0.2, 0.25) is 5.02 Å². The van der Waals surface area contributed by atoms with Gasteiger partial charge >= 0.3 is 0 Å². The van der Waals surface area contributed by atoms with Crippen LogP contribution in [0.4, 0.5) is 5.82 Å². The van der Waals surface area contributed by atoms with Crippen LogP contribution in [-0.4, -0.2) is 23.1 Å². The Morgan fingerprint density at radius 3 is 2.81 bits per heavy atom. The molecule has 1 heterocycles. The summed E-state index contributed by atoms with van der Waals surface area (Å²) >= 11 is 5.95. The molecule has 0 saturated carbocycles. The van der Waals surface area contributed by atoms with Crippen molar-refractivity contribution in [3.05, 3.63) is 21.7 Å². The molecule has 16 heavy (non-hydrogen) atoms. The van der Waals surface area contributed by atoms with Crippen LogP contribution in [0.5, 0.6) is 0 Å². The van der Waals surface area contributed by atoms with E-state index in [4.69, 9.17) is 11.6 Å². The van der Waals surface area contributed by atoms with Gasteiger partial charge in [-0.1, -0.05) is 31.9 Å². The molecule has 0 amide bonds. The zero-order valence-electron chi connectivity index (χ0n) is 9.96. The monoisotopic (exact) mass is 243 g/mol. The fourth-order valence-corrected chi connectivity index (χ4v) is 1.69. The van der Waals surface area contributed by atoms with Gasteiger partial charge in [0.15, 0.2) is 5.82 Å². The highest BCUT2D eigenvalue weighted by atomic mass is 35.5. The summed E-state index contributed by atoms with van der Waals surface area (Å²) in [5, 5.41) is 0.174. The number of nitrogens with one attached hydrogen (secondary N) is 1. The maximum atomic E-state index is 11.4. The number of hydrogen-bond acceptors (Lipinski definition) is 3. The largest absolute Gasteiger partial charge is 0.355 e. The smallest absolute Gasteiger partial charge is 0.271 e. The zero-order chi connectivity index (χ0) is 12.1. The van der Waals surface area contributed by atoms with E-state index in [0.29, 0.717) is 11.7 Å². The number of halogens is 1. The van der Waals surface area contributed by atoms with Crippen LogP contribution in [0.15, 0.2) is 11.1 Å².